The average molecular weight is 391 g/mol. The summed E-state index contributed by atoms with van der Waals surface area (Å²) in [5, 5.41) is 2.58. The van der Waals surface area contributed by atoms with Crippen LogP contribution < -0.4 is 5.32 Å². The van der Waals surface area contributed by atoms with E-state index in [0.717, 1.165) is 11.2 Å². The summed E-state index contributed by atoms with van der Waals surface area (Å²) in [6, 6.07) is 16.2. The Hall–Kier alpha value is -3.54. The molecule has 4 aromatic rings. The topological polar surface area (TPSA) is 46.4 Å². The van der Waals surface area contributed by atoms with E-state index in [0.29, 0.717) is 11.3 Å². The molecule has 1 unspecified atom stereocenters. The second-order valence-corrected chi connectivity index (χ2v) is 6.92. The summed E-state index contributed by atoms with van der Waals surface area (Å²) < 4.78 is 30.4. The van der Waals surface area contributed by atoms with Crippen LogP contribution in [0.3, 0.4) is 0 Å². The Balaban J connectivity index is 1.72. The van der Waals surface area contributed by atoms with Crippen molar-refractivity contribution in [2.75, 3.05) is 5.32 Å². The van der Waals surface area contributed by atoms with Gasteiger partial charge >= 0.3 is 0 Å². The molecule has 0 radical (unpaired) electrons. The van der Waals surface area contributed by atoms with Gasteiger partial charge in [-0.3, -0.25) is 4.79 Å². The molecule has 2 aromatic carbocycles. The van der Waals surface area contributed by atoms with Crippen LogP contribution >= 0.6 is 0 Å². The average Bonchev–Trinajstić information content (AvgIpc) is 3.11. The van der Waals surface area contributed by atoms with Crippen LogP contribution in [0.5, 0.6) is 0 Å². The van der Waals surface area contributed by atoms with Gasteiger partial charge in [-0.25, -0.2) is 13.8 Å². The molecule has 146 valence electrons. The number of imidazole rings is 1. The Morgan fingerprint density at radius 3 is 2.55 bits per heavy atom. The van der Waals surface area contributed by atoms with Gasteiger partial charge in [0.15, 0.2) is 0 Å². The first-order chi connectivity index (χ1) is 14.0. The zero-order valence-corrected chi connectivity index (χ0v) is 15.8. The van der Waals surface area contributed by atoms with Gasteiger partial charge in [0.25, 0.3) is 0 Å². The van der Waals surface area contributed by atoms with Crippen molar-refractivity contribution in [3.63, 3.8) is 0 Å². The number of anilines is 1. The number of amides is 1. The van der Waals surface area contributed by atoms with Gasteiger partial charge in [-0.15, -0.1) is 0 Å². The lowest BCUT2D eigenvalue weighted by atomic mass is 9.91. The van der Waals surface area contributed by atoms with E-state index in [9.17, 15) is 13.6 Å². The zero-order valence-electron chi connectivity index (χ0n) is 15.8. The van der Waals surface area contributed by atoms with Crippen molar-refractivity contribution in [3.8, 4) is 0 Å². The molecule has 0 saturated heterocycles. The minimum absolute atomic E-state index is 0.0586. The summed E-state index contributed by atoms with van der Waals surface area (Å²) in [6.45, 7) is 1.96. The molecular weight excluding hydrogens is 372 g/mol. The van der Waals surface area contributed by atoms with Gasteiger partial charge in [-0.2, -0.15) is 0 Å². The number of nitrogens with one attached hydrogen (secondary N) is 1. The van der Waals surface area contributed by atoms with Crippen molar-refractivity contribution < 1.29 is 13.6 Å². The predicted octanol–water partition coefficient (Wildman–Crippen LogP) is 5.08. The lowest BCUT2D eigenvalue weighted by molar-refractivity contribution is -0.116. The molecule has 0 aliphatic rings. The number of halogens is 2. The summed E-state index contributed by atoms with van der Waals surface area (Å²) in [5.74, 6) is -1.92. The molecule has 1 N–H and O–H groups in total. The molecule has 0 saturated carbocycles. The fourth-order valence-corrected chi connectivity index (χ4v) is 3.44. The molecule has 0 bridgehead atoms. The third-order valence-electron chi connectivity index (χ3n) is 4.87. The highest BCUT2D eigenvalue weighted by Gasteiger charge is 2.24. The Morgan fingerprint density at radius 1 is 1.07 bits per heavy atom. The van der Waals surface area contributed by atoms with Gasteiger partial charge < -0.3 is 9.72 Å². The van der Waals surface area contributed by atoms with Gasteiger partial charge in [-0.05, 0) is 48.4 Å². The molecule has 2 heterocycles. The number of hydrogen-bond donors (Lipinski definition) is 1. The molecule has 1 atom stereocenters. The largest absolute Gasteiger partial charge is 0.324 e. The van der Waals surface area contributed by atoms with Gasteiger partial charge in [0.05, 0.1) is 11.4 Å². The van der Waals surface area contributed by atoms with Crippen molar-refractivity contribution in [3.05, 3.63) is 102 Å². The van der Waals surface area contributed by atoms with Crippen molar-refractivity contribution in [2.24, 2.45) is 0 Å². The first kappa shape index (κ1) is 18.8. The molecule has 4 nitrogen and oxygen atoms in total. The Kier molecular flexibility index (Phi) is 5.08. The van der Waals surface area contributed by atoms with Crippen LogP contribution in [-0.4, -0.2) is 15.3 Å². The lowest BCUT2D eigenvalue weighted by Gasteiger charge is -2.18. The minimum Gasteiger partial charge on any atom is -0.324 e. The van der Waals surface area contributed by atoms with Crippen molar-refractivity contribution in [2.45, 2.75) is 19.3 Å². The summed E-state index contributed by atoms with van der Waals surface area (Å²) in [4.78, 5) is 17.1. The van der Waals surface area contributed by atoms with E-state index in [1.807, 2.05) is 29.7 Å². The molecular formula is C23H19F2N3O. The number of nitrogens with zero attached hydrogens (tertiary/aromatic N) is 2. The van der Waals surface area contributed by atoms with Crippen LogP contribution in [0, 0.1) is 18.6 Å². The molecule has 1 amide bonds. The van der Waals surface area contributed by atoms with E-state index in [-0.39, 0.29) is 12.1 Å². The van der Waals surface area contributed by atoms with Crippen LogP contribution in [0.15, 0.2) is 73.1 Å². The van der Waals surface area contributed by atoms with E-state index < -0.39 is 23.5 Å². The highest BCUT2D eigenvalue weighted by atomic mass is 19.1. The molecule has 0 spiro atoms. The molecule has 0 aliphatic heterocycles. The van der Waals surface area contributed by atoms with Gasteiger partial charge in [-0.1, -0.05) is 30.3 Å². The van der Waals surface area contributed by atoms with E-state index in [1.54, 1.807) is 36.5 Å². The first-order valence-corrected chi connectivity index (χ1v) is 9.25. The lowest BCUT2D eigenvalue weighted by Crippen LogP contribution is -2.18. The predicted molar refractivity (Wildman–Crippen MR) is 108 cm³/mol. The van der Waals surface area contributed by atoms with Crippen LogP contribution in [0.4, 0.5) is 14.5 Å². The van der Waals surface area contributed by atoms with E-state index in [1.165, 1.54) is 18.2 Å². The van der Waals surface area contributed by atoms with E-state index in [2.05, 4.69) is 10.3 Å². The minimum atomic E-state index is -0.583. The molecule has 29 heavy (non-hydrogen) atoms. The number of rotatable bonds is 5. The fourth-order valence-electron chi connectivity index (χ4n) is 3.44. The van der Waals surface area contributed by atoms with Gasteiger partial charge in [0.2, 0.25) is 5.91 Å². The maximum absolute atomic E-state index is 14.6. The first-order valence-electron chi connectivity index (χ1n) is 9.25. The second-order valence-electron chi connectivity index (χ2n) is 6.92. The third kappa shape index (κ3) is 3.87. The van der Waals surface area contributed by atoms with Crippen molar-refractivity contribution in [1.82, 2.24) is 9.38 Å². The standard InChI is InChI=1S/C23H19F2N3O/c1-15-10-11-28-21(14-26-22(28)12-15)17(16-6-2-3-7-18(16)24)13-23(29)27-20-9-5-4-8-19(20)25/h2-12,14,17H,13H2,1H3,(H,27,29). The third-order valence-corrected chi connectivity index (χ3v) is 4.87. The normalized spacial score (nSPS) is 12.1. The number of aromatic nitrogens is 2. The monoisotopic (exact) mass is 391 g/mol. The Morgan fingerprint density at radius 2 is 1.79 bits per heavy atom. The van der Waals surface area contributed by atoms with Crippen LogP contribution in [-0.2, 0) is 4.79 Å². The van der Waals surface area contributed by atoms with Crippen molar-refractivity contribution >= 4 is 17.2 Å². The fraction of sp³-hybridized carbons (Fsp3) is 0.130. The molecule has 6 heteroatoms. The number of carbonyl (C=O) groups is 1. The number of aryl methyl sites for hydroxylation is 1. The second kappa shape index (κ2) is 7.83. The summed E-state index contributed by atoms with van der Waals surface area (Å²) >= 11 is 0. The molecule has 0 fully saturated rings. The SMILES string of the molecule is Cc1ccn2c(C(CC(=O)Nc3ccccc3F)c3ccccc3F)cnc2c1. The molecule has 2 aromatic heterocycles. The number of fused-ring (bicyclic) bond motifs is 1. The smallest absolute Gasteiger partial charge is 0.225 e. The number of hydrogen-bond acceptors (Lipinski definition) is 2. The maximum atomic E-state index is 14.6. The Bertz CT molecular complexity index is 1190. The highest BCUT2D eigenvalue weighted by molar-refractivity contribution is 5.91. The van der Waals surface area contributed by atoms with Crippen LogP contribution in [0.2, 0.25) is 0 Å². The van der Waals surface area contributed by atoms with Gasteiger partial charge in [0, 0.05) is 24.7 Å². The summed E-state index contributed by atoms with van der Waals surface area (Å²) in [7, 11) is 0. The number of pyridine rings is 1. The van der Waals surface area contributed by atoms with E-state index in [4.69, 9.17) is 0 Å². The summed E-state index contributed by atoms with van der Waals surface area (Å²) in [5.41, 5.74) is 2.94. The summed E-state index contributed by atoms with van der Waals surface area (Å²) in [6.07, 6.45) is 3.45. The Labute approximate surface area is 166 Å². The van der Waals surface area contributed by atoms with Crippen molar-refractivity contribution in [1.29, 1.82) is 0 Å². The molecule has 0 aliphatic carbocycles. The number of para-hydroxylation sites is 1. The molecule has 4 rings (SSSR count). The van der Waals surface area contributed by atoms with Gasteiger partial charge in [0.1, 0.15) is 17.3 Å². The zero-order chi connectivity index (χ0) is 20.4. The highest BCUT2D eigenvalue weighted by Crippen LogP contribution is 2.31. The van der Waals surface area contributed by atoms with Crippen LogP contribution in [0.25, 0.3) is 5.65 Å². The number of benzene rings is 2. The number of carbonyl (C=O) groups excluding carboxylic acids is 1. The maximum Gasteiger partial charge on any atom is 0.225 e. The quantitative estimate of drug-likeness (QED) is 0.516. The van der Waals surface area contributed by atoms with E-state index >= 15 is 0 Å². The van der Waals surface area contributed by atoms with Crippen LogP contribution in [0.1, 0.15) is 29.2 Å².